The van der Waals surface area contributed by atoms with Crippen molar-refractivity contribution in [2.24, 2.45) is 0 Å². The summed E-state index contributed by atoms with van der Waals surface area (Å²) in [6.07, 6.45) is 3.16. The Labute approximate surface area is 154 Å². The smallest absolute Gasteiger partial charge is 0.224 e. The third kappa shape index (κ3) is 6.11. The first-order chi connectivity index (χ1) is 12.0. The lowest BCUT2D eigenvalue weighted by molar-refractivity contribution is -0.124. The summed E-state index contributed by atoms with van der Waals surface area (Å²) in [5, 5.41) is 5.27. The van der Waals surface area contributed by atoms with E-state index < -0.39 is 6.04 Å². The van der Waals surface area contributed by atoms with Gasteiger partial charge in [-0.3, -0.25) is 19.4 Å². The predicted octanol–water partition coefficient (Wildman–Crippen LogP) is 2.95. The monoisotopic (exact) mass is 403 g/mol. The Kier molecular flexibility index (Phi) is 6.82. The van der Waals surface area contributed by atoms with Crippen LogP contribution in [-0.4, -0.2) is 28.6 Å². The largest absolute Gasteiger partial charge is 0.346 e. The van der Waals surface area contributed by atoms with Crippen LogP contribution in [0.15, 0.2) is 53.3 Å². The van der Waals surface area contributed by atoms with Crippen LogP contribution < -0.4 is 10.6 Å². The summed E-state index contributed by atoms with van der Waals surface area (Å²) < 4.78 is 0.875. The molecule has 25 heavy (non-hydrogen) atoms. The van der Waals surface area contributed by atoms with Gasteiger partial charge in [0.2, 0.25) is 11.8 Å². The predicted molar refractivity (Wildman–Crippen MR) is 98.2 cm³/mol. The zero-order chi connectivity index (χ0) is 18.2. The second kappa shape index (κ2) is 9.08. The molecule has 7 heteroatoms. The Bertz CT molecular complexity index is 748. The Balaban J connectivity index is 1.78. The third-order valence-electron chi connectivity index (χ3n) is 3.42. The van der Waals surface area contributed by atoms with E-state index in [0.29, 0.717) is 11.3 Å². The molecule has 0 radical (unpaired) electrons. The number of Topliss-reactive ketones (excluding diaryl/α,β-unsaturated/α-hetero) is 1. The number of carbonyl (C=O) groups excluding carboxylic acids is 3. The van der Waals surface area contributed by atoms with Crippen LogP contribution in [0.1, 0.15) is 30.1 Å². The second-order valence-corrected chi connectivity index (χ2v) is 6.37. The molecule has 1 atom stereocenters. The first kappa shape index (κ1) is 18.8. The van der Waals surface area contributed by atoms with Gasteiger partial charge in [0.05, 0.1) is 17.9 Å². The molecule has 1 aromatic carbocycles. The molecule has 2 amide bonds. The Morgan fingerprint density at radius 3 is 2.40 bits per heavy atom. The molecule has 0 spiro atoms. The van der Waals surface area contributed by atoms with Crippen molar-refractivity contribution < 1.29 is 14.4 Å². The molecule has 0 fully saturated rings. The number of rotatable bonds is 7. The molecular weight excluding hydrogens is 386 g/mol. The molecule has 0 aliphatic rings. The molecule has 0 aliphatic heterocycles. The van der Waals surface area contributed by atoms with E-state index in [2.05, 4.69) is 31.5 Å². The zero-order valence-corrected chi connectivity index (χ0v) is 15.2. The highest BCUT2D eigenvalue weighted by atomic mass is 79.9. The molecule has 1 heterocycles. The van der Waals surface area contributed by atoms with Crippen molar-refractivity contribution in [1.82, 2.24) is 10.3 Å². The van der Waals surface area contributed by atoms with Gasteiger partial charge in [0.1, 0.15) is 0 Å². The van der Waals surface area contributed by atoms with E-state index in [1.54, 1.807) is 49.5 Å². The number of ketones is 1. The van der Waals surface area contributed by atoms with Gasteiger partial charge in [0, 0.05) is 29.1 Å². The minimum Gasteiger partial charge on any atom is -0.346 e. The molecule has 1 aromatic heterocycles. The Hall–Kier alpha value is -2.54. The fourth-order valence-corrected chi connectivity index (χ4v) is 2.39. The summed E-state index contributed by atoms with van der Waals surface area (Å²) in [5.41, 5.74) is 1.09. The van der Waals surface area contributed by atoms with Crippen LogP contribution in [0.3, 0.4) is 0 Å². The van der Waals surface area contributed by atoms with Gasteiger partial charge >= 0.3 is 0 Å². The molecule has 1 unspecified atom stereocenters. The minimum absolute atomic E-state index is 0.00402. The van der Waals surface area contributed by atoms with E-state index in [0.717, 1.165) is 4.47 Å². The van der Waals surface area contributed by atoms with E-state index in [4.69, 9.17) is 0 Å². The number of nitrogens with one attached hydrogen (secondary N) is 2. The van der Waals surface area contributed by atoms with Crippen molar-refractivity contribution in [2.75, 3.05) is 5.32 Å². The van der Waals surface area contributed by atoms with Gasteiger partial charge in [-0.25, -0.2) is 0 Å². The maximum Gasteiger partial charge on any atom is 0.224 e. The highest BCUT2D eigenvalue weighted by molar-refractivity contribution is 9.10. The summed E-state index contributed by atoms with van der Waals surface area (Å²) in [4.78, 5) is 39.9. The average molecular weight is 404 g/mol. The third-order valence-corrected chi connectivity index (χ3v) is 3.95. The molecule has 2 aromatic rings. The maximum absolute atomic E-state index is 12.3. The van der Waals surface area contributed by atoms with Crippen LogP contribution in [0.4, 0.5) is 5.69 Å². The van der Waals surface area contributed by atoms with Crippen molar-refractivity contribution in [3.05, 3.63) is 58.8 Å². The summed E-state index contributed by atoms with van der Waals surface area (Å²) in [5.74, 6) is -0.810. The van der Waals surface area contributed by atoms with Crippen LogP contribution in [-0.2, 0) is 9.59 Å². The minimum atomic E-state index is -0.657. The van der Waals surface area contributed by atoms with E-state index in [1.807, 2.05) is 0 Å². The van der Waals surface area contributed by atoms with Crippen molar-refractivity contribution in [1.29, 1.82) is 0 Å². The molecule has 130 valence electrons. The summed E-state index contributed by atoms with van der Waals surface area (Å²) in [7, 11) is 0. The summed E-state index contributed by atoms with van der Waals surface area (Å²) in [6.45, 7) is 1.62. The lowest BCUT2D eigenvalue weighted by Crippen LogP contribution is -2.38. The molecule has 2 N–H and O–H groups in total. The number of halogens is 1. The molecule has 0 saturated heterocycles. The molecule has 2 rings (SSSR count). The molecule has 0 saturated carbocycles. The lowest BCUT2D eigenvalue weighted by atomic mass is 10.1. The number of hydrogen-bond donors (Lipinski definition) is 2. The molecular formula is C18H18BrN3O3. The van der Waals surface area contributed by atoms with Crippen LogP contribution in [0, 0.1) is 0 Å². The number of aromatic nitrogens is 1. The number of carbonyl (C=O) groups is 3. The zero-order valence-electron chi connectivity index (χ0n) is 13.7. The van der Waals surface area contributed by atoms with Crippen LogP contribution >= 0.6 is 15.9 Å². The van der Waals surface area contributed by atoms with Crippen LogP contribution in [0.5, 0.6) is 0 Å². The van der Waals surface area contributed by atoms with Gasteiger partial charge in [-0.2, -0.15) is 0 Å². The number of benzene rings is 1. The fourth-order valence-electron chi connectivity index (χ4n) is 2.13. The molecule has 0 bridgehead atoms. The molecule has 6 nitrogen and oxygen atoms in total. The summed E-state index contributed by atoms with van der Waals surface area (Å²) in [6, 6.07) is 9.68. The number of anilines is 1. The normalized spacial score (nSPS) is 11.4. The first-order valence-electron chi connectivity index (χ1n) is 7.74. The highest BCUT2D eigenvalue weighted by Crippen LogP contribution is 2.12. The highest BCUT2D eigenvalue weighted by Gasteiger charge is 2.17. The number of amides is 2. The standard InChI is InChI=1S/C18H18BrN3O3/c1-12(18(25)13-4-6-14(19)7-5-13)21-16(23)8-9-17(24)22-15-3-2-10-20-11-15/h2-7,10-12H,8-9H2,1H3,(H,21,23)(H,22,24). The molecule has 0 aliphatic carbocycles. The summed E-state index contributed by atoms with van der Waals surface area (Å²) >= 11 is 3.31. The van der Waals surface area contributed by atoms with Gasteiger partial charge < -0.3 is 10.6 Å². The maximum atomic E-state index is 12.3. The van der Waals surface area contributed by atoms with Gasteiger partial charge in [0.25, 0.3) is 0 Å². The van der Waals surface area contributed by atoms with E-state index in [-0.39, 0.29) is 30.4 Å². The van der Waals surface area contributed by atoms with Gasteiger partial charge in [-0.15, -0.1) is 0 Å². The van der Waals surface area contributed by atoms with Crippen molar-refractivity contribution >= 4 is 39.2 Å². The number of pyridine rings is 1. The second-order valence-electron chi connectivity index (χ2n) is 5.45. The SMILES string of the molecule is CC(NC(=O)CCC(=O)Nc1cccnc1)C(=O)c1ccc(Br)cc1. The number of nitrogens with zero attached hydrogens (tertiary/aromatic N) is 1. The van der Waals surface area contributed by atoms with E-state index >= 15 is 0 Å². The topological polar surface area (TPSA) is 88.2 Å². The van der Waals surface area contributed by atoms with Gasteiger partial charge in [-0.1, -0.05) is 28.1 Å². The van der Waals surface area contributed by atoms with E-state index in [1.165, 1.54) is 6.20 Å². The van der Waals surface area contributed by atoms with Crippen molar-refractivity contribution in [3.63, 3.8) is 0 Å². The van der Waals surface area contributed by atoms with Crippen molar-refractivity contribution in [2.45, 2.75) is 25.8 Å². The fraction of sp³-hybridized carbons (Fsp3) is 0.222. The Morgan fingerprint density at radius 2 is 1.76 bits per heavy atom. The van der Waals surface area contributed by atoms with Crippen molar-refractivity contribution in [3.8, 4) is 0 Å². The van der Waals surface area contributed by atoms with Crippen LogP contribution in [0.2, 0.25) is 0 Å². The van der Waals surface area contributed by atoms with Gasteiger partial charge in [0.15, 0.2) is 5.78 Å². The Morgan fingerprint density at radius 1 is 1.08 bits per heavy atom. The lowest BCUT2D eigenvalue weighted by Gasteiger charge is -2.13. The van der Waals surface area contributed by atoms with Crippen LogP contribution in [0.25, 0.3) is 0 Å². The van der Waals surface area contributed by atoms with Gasteiger partial charge in [-0.05, 0) is 31.2 Å². The van der Waals surface area contributed by atoms with E-state index in [9.17, 15) is 14.4 Å². The quantitative estimate of drug-likeness (QED) is 0.695. The number of hydrogen-bond acceptors (Lipinski definition) is 4. The average Bonchev–Trinajstić information content (AvgIpc) is 2.61. The first-order valence-corrected chi connectivity index (χ1v) is 8.54.